The van der Waals surface area contributed by atoms with Gasteiger partial charge < -0.3 is 10.5 Å². The van der Waals surface area contributed by atoms with E-state index >= 15 is 0 Å². The summed E-state index contributed by atoms with van der Waals surface area (Å²) in [4.78, 5) is 0. The van der Waals surface area contributed by atoms with E-state index in [2.05, 4.69) is 19.9 Å². The molecule has 1 fully saturated rings. The summed E-state index contributed by atoms with van der Waals surface area (Å²) in [6.45, 7) is 4.62. The predicted molar refractivity (Wildman–Crippen MR) is 71.1 cm³/mol. The maximum Gasteiger partial charge on any atom is 0.123 e. The molecule has 2 nitrogen and oxygen atoms in total. The molecule has 1 aromatic carbocycles. The number of methoxy groups -OCH3 is 1. The molecule has 1 saturated carbocycles. The van der Waals surface area contributed by atoms with E-state index in [4.69, 9.17) is 10.5 Å². The lowest BCUT2D eigenvalue weighted by molar-refractivity contribution is 0.148. The van der Waals surface area contributed by atoms with Crippen LogP contribution in [0.1, 0.15) is 45.1 Å². The van der Waals surface area contributed by atoms with E-state index in [1.165, 1.54) is 12.8 Å². The van der Waals surface area contributed by atoms with Crippen molar-refractivity contribution in [3.05, 3.63) is 29.8 Å². The highest BCUT2D eigenvalue weighted by Gasteiger charge is 2.39. The summed E-state index contributed by atoms with van der Waals surface area (Å²) in [5.41, 5.74) is 7.91. The molecule has 0 spiro atoms. The molecular formula is C15H23NO. The second kappa shape index (κ2) is 4.34. The Morgan fingerprint density at radius 2 is 1.88 bits per heavy atom. The fourth-order valence-corrected chi connectivity index (χ4v) is 3.20. The molecule has 1 atom stereocenters. The highest BCUT2D eigenvalue weighted by atomic mass is 16.5. The summed E-state index contributed by atoms with van der Waals surface area (Å²) in [5.74, 6) is 0.924. The number of nitrogens with two attached hydrogens (primary N) is 1. The first-order valence-corrected chi connectivity index (χ1v) is 6.39. The monoisotopic (exact) mass is 233 g/mol. The maximum absolute atomic E-state index is 6.65. The van der Waals surface area contributed by atoms with Crippen molar-refractivity contribution < 1.29 is 4.74 Å². The number of hydrogen-bond acceptors (Lipinski definition) is 2. The number of ether oxygens (including phenoxy) is 1. The van der Waals surface area contributed by atoms with Crippen molar-refractivity contribution in [2.45, 2.75) is 45.1 Å². The van der Waals surface area contributed by atoms with Crippen LogP contribution >= 0.6 is 0 Å². The molecule has 0 heterocycles. The van der Waals surface area contributed by atoms with E-state index in [9.17, 15) is 0 Å². The van der Waals surface area contributed by atoms with Crippen LogP contribution in [0, 0.1) is 5.41 Å². The first kappa shape index (κ1) is 12.4. The average Bonchev–Trinajstić information content (AvgIpc) is 2.27. The van der Waals surface area contributed by atoms with Crippen LogP contribution in [0.4, 0.5) is 0 Å². The molecule has 0 aliphatic heterocycles. The molecule has 2 heteroatoms. The van der Waals surface area contributed by atoms with Gasteiger partial charge in [-0.2, -0.15) is 0 Å². The standard InChI is InChI=1S/C15H23NO/c1-14(2)9-6-10-15(16,11-14)12-7-4-5-8-13(12)17-3/h4-5,7-8H,6,9-11,16H2,1-3H3. The van der Waals surface area contributed by atoms with Gasteiger partial charge >= 0.3 is 0 Å². The van der Waals surface area contributed by atoms with Crippen LogP contribution in [0.15, 0.2) is 24.3 Å². The summed E-state index contributed by atoms with van der Waals surface area (Å²) < 4.78 is 5.45. The van der Waals surface area contributed by atoms with Crippen LogP contribution in [-0.2, 0) is 5.54 Å². The lowest BCUT2D eigenvalue weighted by atomic mass is 9.66. The molecule has 1 unspecified atom stereocenters. The molecular weight excluding hydrogens is 210 g/mol. The van der Waals surface area contributed by atoms with Gasteiger partial charge in [0.2, 0.25) is 0 Å². The van der Waals surface area contributed by atoms with Gasteiger partial charge in [0.05, 0.1) is 7.11 Å². The molecule has 1 aliphatic rings. The number of hydrogen-bond donors (Lipinski definition) is 1. The van der Waals surface area contributed by atoms with Crippen molar-refractivity contribution in [3.8, 4) is 5.75 Å². The van der Waals surface area contributed by atoms with Crippen molar-refractivity contribution in [3.63, 3.8) is 0 Å². The first-order chi connectivity index (χ1) is 7.97. The second-order valence-electron chi connectivity index (χ2n) is 6.05. The van der Waals surface area contributed by atoms with Gasteiger partial charge in [0.1, 0.15) is 5.75 Å². The Balaban J connectivity index is 2.37. The highest BCUT2D eigenvalue weighted by molar-refractivity contribution is 5.39. The first-order valence-electron chi connectivity index (χ1n) is 6.39. The van der Waals surface area contributed by atoms with Gasteiger partial charge in [0.25, 0.3) is 0 Å². The third-order valence-electron chi connectivity index (χ3n) is 3.91. The lowest BCUT2D eigenvalue weighted by Gasteiger charge is -2.43. The minimum Gasteiger partial charge on any atom is -0.496 e. The Bertz CT molecular complexity index is 400. The minimum atomic E-state index is -0.228. The van der Waals surface area contributed by atoms with Gasteiger partial charge in [-0.3, -0.25) is 0 Å². The molecule has 94 valence electrons. The van der Waals surface area contributed by atoms with Crippen LogP contribution in [0.2, 0.25) is 0 Å². The Kier molecular flexibility index (Phi) is 3.17. The Labute approximate surface area is 104 Å². The van der Waals surface area contributed by atoms with Crippen molar-refractivity contribution in [1.82, 2.24) is 0 Å². The zero-order chi connectivity index (χ0) is 12.5. The average molecular weight is 233 g/mol. The van der Waals surface area contributed by atoms with Crippen LogP contribution in [0.3, 0.4) is 0 Å². The van der Waals surface area contributed by atoms with Gasteiger partial charge in [0.15, 0.2) is 0 Å². The van der Waals surface area contributed by atoms with Gasteiger partial charge in [-0.1, -0.05) is 38.5 Å². The van der Waals surface area contributed by atoms with Gasteiger partial charge in [-0.15, -0.1) is 0 Å². The normalized spacial score (nSPS) is 27.8. The van der Waals surface area contributed by atoms with Gasteiger partial charge in [-0.25, -0.2) is 0 Å². The number of para-hydroxylation sites is 1. The molecule has 0 saturated heterocycles. The van der Waals surface area contributed by atoms with Crippen molar-refractivity contribution in [1.29, 1.82) is 0 Å². The molecule has 1 aromatic rings. The van der Waals surface area contributed by atoms with E-state index in [1.807, 2.05) is 18.2 Å². The van der Waals surface area contributed by atoms with E-state index < -0.39 is 0 Å². The summed E-state index contributed by atoms with van der Waals surface area (Å²) in [6.07, 6.45) is 4.54. The predicted octanol–water partition coefficient (Wildman–Crippen LogP) is 3.45. The topological polar surface area (TPSA) is 35.2 Å². The molecule has 1 aliphatic carbocycles. The lowest BCUT2D eigenvalue weighted by Crippen LogP contribution is -2.44. The SMILES string of the molecule is COc1ccccc1C1(N)CCCC(C)(C)C1. The quantitative estimate of drug-likeness (QED) is 0.849. The summed E-state index contributed by atoms with van der Waals surface area (Å²) in [6, 6.07) is 8.17. The van der Waals surface area contributed by atoms with Crippen LogP contribution in [0.5, 0.6) is 5.75 Å². The van der Waals surface area contributed by atoms with Crippen LogP contribution < -0.4 is 10.5 Å². The van der Waals surface area contributed by atoms with Gasteiger partial charge in [0, 0.05) is 11.1 Å². The van der Waals surface area contributed by atoms with Crippen LogP contribution in [-0.4, -0.2) is 7.11 Å². The smallest absolute Gasteiger partial charge is 0.123 e. The van der Waals surface area contributed by atoms with E-state index in [0.29, 0.717) is 5.41 Å². The fraction of sp³-hybridized carbons (Fsp3) is 0.600. The molecule has 0 aromatic heterocycles. The maximum atomic E-state index is 6.65. The summed E-state index contributed by atoms with van der Waals surface area (Å²) in [5, 5.41) is 0. The second-order valence-corrected chi connectivity index (χ2v) is 6.05. The number of benzene rings is 1. The highest BCUT2D eigenvalue weighted by Crippen LogP contribution is 2.46. The Morgan fingerprint density at radius 1 is 1.18 bits per heavy atom. The van der Waals surface area contributed by atoms with Crippen molar-refractivity contribution in [2.75, 3.05) is 7.11 Å². The summed E-state index contributed by atoms with van der Waals surface area (Å²) in [7, 11) is 1.72. The van der Waals surface area contributed by atoms with Gasteiger partial charge in [-0.05, 0) is 30.7 Å². The molecule has 0 amide bonds. The largest absolute Gasteiger partial charge is 0.496 e. The van der Waals surface area contributed by atoms with Crippen molar-refractivity contribution in [2.24, 2.45) is 11.1 Å². The third-order valence-corrected chi connectivity index (χ3v) is 3.91. The van der Waals surface area contributed by atoms with Crippen molar-refractivity contribution >= 4 is 0 Å². The van der Waals surface area contributed by atoms with E-state index in [1.54, 1.807) is 7.11 Å². The van der Waals surface area contributed by atoms with E-state index in [0.717, 1.165) is 24.2 Å². The number of rotatable bonds is 2. The zero-order valence-electron chi connectivity index (χ0n) is 11.1. The molecule has 0 bridgehead atoms. The Hall–Kier alpha value is -1.02. The van der Waals surface area contributed by atoms with Crippen LogP contribution in [0.25, 0.3) is 0 Å². The fourth-order valence-electron chi connectivity index (χ4n) is 3.20. The molecule has 2 N–H and O–H groups in total. The Morgan fingerprint density at radius 3 is 2.53 bits per heavy atom. The minimum absolute atomic E-state index is 0.228. The van der Waals surface area contributed by atoms with E-state index in [-0.39, 0.29) is 5.54 Å². The third kappa shape index (κ3) is 2.47. The molecule has 17 heavy (non-hydrogen) atoms. The molecule has 2 rings (SSSR count). The molecule has 0 radical (unpaired) electrons. The summed E-state index contributed by atoms with van der Waals surface area (Å²) >= 11 is 0. The zero-order valence-corrected chi connectivity index (χ0v) is 11.1.